The lowest BCUT2D eigenvalue weighted by molar-refractivity contribution is -0.116. The Kier molecular flexibility index (Phi) is 4.36. The van der Waals surface area contributed by atoms with Gasteiger partial charge in [-0.1, -0.05) is 24.6 Å². The van der Waals surface area contributed by atoms with Crippen molar-refractivity contribution in [1.29, 1.82) is 0 Å². The number of fused-ring (bicyclic) bond motifs is 3. The predicted octanol–water partition coefficient (Wildman–Crippen LogP) is 3.53. The molecule has 5 nitrogen and oxygen atoms in total. The molecule has 1 N–H and O–H groups in total. The maximum Gasteiger partial charge on any atom is 0.262 e. The topological polar surface area (TPSA) is 64.0 Å². The first-order chi connectivity index (χ1) is 12.5. The van der Waals surface area contributed by atoms with E-state index in [4.69, 9.17) is 0 Å². The van der Waals surface area contributed by atoms with Crippen molar-refractivity contribution in [3.63, 3.8) is 0 Å². The number of nitrogens with one attached hydrogen (secondary N) is 1. The summed E-state index contributed by atoms with van der Waals surface area (Å²) in [6.45, 7) is 4.21. The molecule has 0 fully saturated rings. The van der Waals surface area contributed by atoms with Crippen molar-refractivity contribution in [3.05, 3.63) is 57.0 Å². The number of carbonyl (C=O) groups is 1. The van der Waals surface area contributed by atoms with Crippen molar-refractivity contribution >= 4 is 33.1 Å². The minimum absolute atomic E-state index is 0.0311. The van der Waals surface area contributed by atoms with Gasteiger partial charge in [-0.05, 0) is 49.8 Å². The van der Waals surface area contributed by atoms with Crippen LogP contribution in [-0.4, -0.2) is 15.5 Å². The number of nitrogens with zero attached hydrogens (tertiary/aromatic N) is 2. The number of aryl methyl sites for hydroxylation is 2. The van der Waals surface area contributed by atoms with Gasteiger partial charge in [0.05, 0.1) is 11.7 Å². The van der Waals surface area contributed by atoms with E-state index in [1.54, 1.807) is 11.3 Å². The average molecular weight is 367 g/mol. The number of hydrogen-bond donors (Lipinski definition) is 1. The second-order valence-corrected chi connectivity index (χ2v) is 8.21. The highest BCUT2D eigenvalue weighted by atomic mass is 32.1. The molecule has 0 aliphatic heterocycles. The molecule has 1 atom stereocenters. The first kappa shape index (κ1) is 17.0. The summed E-state index contributed by atoms with van der Waals surface area (Å²) in [6.07, 6.45) is 4.53. The number of benzene rings is 1. The fourth-order valence-electron chi connectivity index (χ4n) is 3.47. The van der Waals surface area contributed by atoms with Crippen molar-refractivity contribution < 1.29 is 4.79 Å². The number of anilines is 1. The molecule has 0 bridgehead atoms. The van der Waals surface area contributed by atoms with Crippen LogP contribution in [0.3, 0.4) is 0 Å². The molecule has 0 saturated carbocycles. The van der Waals surface area contributed by atoms with Gasteiger partial charge in [0, 0.05) is 10.6 Å². The minimum atomic E-state index is -0.227. The number of hydrogen-bond acceptors (Lipinski definition) is 4. The van der Waals surface area contributed by atoms with E-state index in [-0.39, 0.29) is 18.0 Å². The highest BCUT2D eigenvalue weighted by molar-refractivity contribution is 7.18. The predicted molar refractivity (Wildman–Crippen MR) is 105 cm³/mol. The zero-order chi connectivity index (χ0) is 18.3. The van der Waals surface area contributed by atoms with Crippen LogP contribution in [0.4, 0.5) is 5.69 Å². The molecule has 1 aliphatic rings. The number of rotatable bonds is 3. The zero-order valence-corrected chi connectivity index (χ0v) is 15.7. The molecule has 6 heteroatoms. The molecule has 0 spiro atoms. The third-order valence-corrected chi connectivity index (χ3v) is 6.09. The first-order valence-electron chi connectivity index (χ1n) is 8.87. The standard InChI is InChI=1S/C20H21N3O2S/c1-12-3-6-14(7-4-12)22-17(24)10-23-11-21-19-18(20(23)25)15-8-5-13(2)9-16(15)26-19/h3-4,6-7,11,13H,5,8-10H2,1-2H3,(H,22,24)/t13-/m1/s1. The van der Waals surface area contributed by atoms with E-state index in [1.807, 2.05) is 31.2 Å². The summed E-state index contributed by atoms with van der Waals surface area (Å²) in [6, 6.07) is 7.59. The Hall–Kier alpha value is -2.47. The number of aromatic nitrogens is 2. The quantitative estimate of drug-likeness (QED) is 0.770. The van der Waals surface area contributed by atoms with Gasteiger partial charge in [0.25, 0.3) is 5.56 Å². The third kappa shape index (κ3) is 3.17. The van der Waals surface area contributed by atoms with E-state index in [0.717, 1.165) is 40.9 Å². The van der Waals surface area contributed by atoms with Gasteiger partial charge in [0.1, 0.15) is 11.4 Å². The van der Waals surface area contributed by atoms with E-state index in [0.29, 0.717) is 11.3 Å². The number of thiophene rings is 1. The monoisotopic (exact) mass is 367 g/mol. The van der Waals surface area contributed by atoms with Gasteiger partial charge in [-0.15, -0.1) is 11.3 Å². The molecule has 1 aliphatic carbocycles. The maximum atomic E-state index is 12.9. The summed E-state index contributed by atoms with van der Waals surface area (Å²) in [5.74, 6) is 0.424. The summed E-state index contributed by atoms with van der Waals surface area (Å²) in [4.78, 5) is 31.8. The first-order valence-corrected chi connectivity index (χ1v) is 9.69. The van der Waals surface area contributed by atoms with Crippen LogP contribution in [0.2, 0.25) is 0 Å². The van der Waals surface area contributed by atoms with Crippen LogP contribution >= 0.6 is 11.3 Å². The minimum Gasteiger partial charge on any atom is -0.325 e. The van der Waals surface area contributed by atoms with Crippen LogP contribution in [0, 0.1) is 12.8 Å². The molecule has 26 heavy (non-hydrogen) atoms. The Balaban J connectivity index is 1.61. The molecule has 1 amide bonds. The Labute approximate surface area is 155 Å². The van der Waals surface area contributed by atoms with E-state index >= 15 is 0 Å². The highest BCUT2D eigenvalue weighted by Gasteiger charge is 2.23. The summed E-state index contributed by atoms with van der Waals surface area (Å²) in [7, 11) is 0. The van der Waals surface area contributed by atoms with Crippen LogP contribution in [0.5, 0.6) is 0 Å². The molecule has 0 unspecified atom stereocenters. The summed E-state index contributed by atoms with van der Waals surface area (Å²) in [5.41, 5.74) is 2.89. The van der Waals surface area contributed by atoms with Crippen molar-refractivity contribution in [2.75, 3.05) is 5.32 Å². The van der Waals surface area contributed by atoms with E-state index < -0.39 is 0 Å². The van der Waals surface area contributed by atoms with Crippen molar-refractivity contribution in [3.8, 4) is 0 Å². The molecule has 2 heterocycles. The van der Waals surface area contributed by atoms with Crippen LogP contribution in [0.1, 0.15) is 29.3 Å². The van der Waals surface area contributed by atoms with Crippen LogP contribution in [0.25, 0.3) is 10.2 Å². The van der Waals surface area contributed by atoms with E-state index in [1.165, 1.54) is 15.8 Å². The Morgan fingerprint density at radius 2 is 2.12 bits per heavy atom. The van der Waals surface area contributed by atoms with Gasteiger partial charge in [-0.2, -0.15) is 0 Å². The molecule has 3 aromatic rings. The van der Waals surface area contributed by atoms with E-state index in [9.17, 15) is 9.59 Å². The molecule has 0 radical (unpaired) electrons. The smallest absolute Gasteiger partial charge is 0.262 e. The lowest BCUT2D eigenvalue weighted by Crippen LogP contribution is -2.28. The van der Waals surface area contributed by atoms with E-state index in [2.05, 4.69) is 17.2 Å². The molecule has 1 aromatic carbocycles. The second kappa shape index (κ2) is 6.68. The summed E-state index contributed by atoms with van der Waals surface area (Å²) >= 11 is 1.62. The van der Waals surface area contributed by atoms with Gasteiger partial charge >= 0.3 is 0 Å². The Morgan fingerprint density at radius 1 is 1.35 bits per heavy atom. The third-order valence-electron chi connectivity index (χ3n) is 4.93. The fourth-order valence-corrected chi connectivity index (χ4v) is 4.81. The molecule has 4 rings (SSSR count). The maximum absolute atomic E-state index is 12.9. The highest BCUT2D eigenvalue weighted by Crippen LogP contribution is 2.35. The van der Waals surface area contributed by atoms with Crippen LogP contribution in [0.15, 0.2) is 35.4 Å². The SMILES string of the molecule is Cc1ccc(NC(=O)Cn2cnc3sc4c(c3c2=O)CC[C@@H](C)C4)cc1. The lowest BCUT2D eigenvalue weighted by Gasteiger charge is -2.17. The molecule has 134 valence electrons. The molecular weight excluding hydrogens is 346 g/mol. The van der Waals surface area contributed by atoms with Crippen LogP contribution in [-0.2, 0) is 24.2 Å². The molecular formula is C20H21N3O2S. The second-order valence-electron chi connectivity index (χ2n) is 7.12. The summed E-state index contributed by atoms with van der Waals surface area (Å²) in [5, 5.41) is 3.54. The average Bonchev–Trinajstić information content (AvgIpc) is 2.97. The normalized spacial score (nSPS) is 16.5. The van der Waals surface area contributed by atoms with Crippen LogP contribution < -0.4 is 10.9 Å². The molecule has 2 aromatic heterocycles. The zero-order valence-electron chi connectivity index (χ0n) is 14.9. The van der Waals surface area contributed by atoms with Crippen molar-refractivity contribution in [1.82, 2.24) is 9.55 Å². The van der Waals surface area contributed by atoms with Gasteiger partial charge in [-0.25, -0.2) is 4.98 Å². The fraction of sp³-hybridized carbons (Fsp3) is 0.350. The van der Waals surface area contributed by atoms with Gasteiger partial charge in [0.15, 0.2) is 0 Å². The lowest BCUT2D eigenvalue weighted by atomic mass is 9.89. The number of carbonyl (C=O) groups excluding carboxylic acids is 1. The van der Waals surface area contributed by atoms with Gasteiger partial charge in [0.2, 0.25) is 5.91 Å². The number of amides is 1. The van der Waals surface area contributed by atoms with Gasteiger partial charge in [-0.3, -0.25) is 14.2 Å². The van der Waals surface area contributed by atoms with Crippen molar-refractivity contribution in [2.24, 2.45) is 5.92 Å². The Bertz CT molecular complexity index is 1030. The van der Waals surface area contributed by atoms with Gasteiger partial charge < -0.3 is 5.32 Å². The summed E-state index contributed by atoms with van der Waals surface area (Å²) < 4.78 is 1.41. The largest absolute Gasteiger partial charge is 0.325 e. The Morgan fingerprint density at radius 3 is 2.88 bits per heavy atom. The molecule has 0 saturated heterocycles. The van der Waals surface area contributed by atoms with Crippen molar-refractivity contribution in [2.45, 2.75) is 39.7 Å².